The van der Waals surface area contributed by atoms with E-state index >= 15 is 0 Å². The normalized spacial score (nSPS) is 15.1. The number of thioether (sulfide) groups is 1. The van der Waals surface area contributed by atoms with Crippen LogP contribution in [0.25, 0.3) is 6.08 Å². The third-order valence-corrected chi connectivity index (χ3v) is 4.83. The summed E-state index contributed by atoms with van der Waals surface area (Å²) in [6.07, 6.45) is 4.13. The van der Waals surface area contributed by atoms with Crippen molar-refractivity contribution in [3.05, 3.63) is 40.1 Å². The third kappa shape index (κ3) is 3.79. The number of anilines is 1. The van der Waals surface area contributed by atoms with Crippen molar-refractivity contribution in [2.24, 2.45) is 0 Å². The molecule has 6 nitrogen and oxygen atoms in total. The van der Waals surface area contributed by atoms with Crippen LogP contribution in [0.2, 0.25) is 0 Å². The first-order chi connectivity index (χ1) is 11.5. The Morgan fingerprint density at radius 1 is 1.33 bits per heavy atom. The minimum atomic E-state index is -0.983. The molecule has 0 atom stereocenters. The van der Waals surface area contributed by atoms with Crippen molar-refractivity contribution in [3.8, 4) is 0 Å². The molecule has 2 heterocycles. The fourth-order valence-electron chi connectivity index (χ4n) is 2.83. The molecule has 1 aliphatic heterocycles. The molecule has 1 aromatic heterocycles. The fourth-order valence-corrected chi connectivity index (χ4v) is 3.59. The molecule has 7 heteroatoms. The number of nitrogens with zero attached hydrogens (tertiary/aromatic N) is 3. The molecule has 1 fully saturated rings. The number of rotatable bonds is 5. The molecule has 1 saturated heterocycles. The summed E-state index contributed by atoms with van der Waals surface area (Å²) in [5.41, 5.74) is 3.26. The largest absolute Gasteiger partial charge is 0.477 e. The van der Waals surface area contributed by atoms with Crippen molar-refractivity contribution in [3.63, 3.8) is 0 Å². The van der Waals surface area contributed by atoms with Gasteiger partial charge in [-0.05, 0) is 67.8 Å². The molecule has 0 radical (unpaired) electrons. The molecule has 0 aliphatic carbocycles. The summed E-state index contributed by atoms with van der Waals surface area (Å²) >= 11 is 1.05. The Kier molecular flexibility index (Phi) is 4.89. The van der Waals surface area contributed by atoms with Crippen molar-refractivity contribution in [1.29, 1.82) is 0 Å². The summed E-state index contributed by atoms with van der Waals surface area (Å²) in [7, 11) is 0. The quantitative estimate of drug-likeness (QED) is 0.640. The molecule has 3 rings (SSSR count). The van der Waals surface area contributed by atoms with Gasteiger partial charge in [-0.25, -0.2) is 9.78 Å². The topological polar surface area (TPSA) is 82.1 Å². The number of aromatic amines is 1. The average molecular weight is 344 g/mol. The Labute approximate surface area is 145 Å². The molecule has 0 bridgehead atoms. The van der Waals surface area contributed by atoms with Gasteiger partial charge in [0.25, 0.3) is 0 Å². The van der Waals surface area contributed by atoms with Crippen molar-refractivity contribution < 1.29 is 9.90 Å². The molecular formula is C17H20N4O2S. The van der Waals surface area contributed by atoms with E-state index in [0.717, 1.165) is 36.0 Å². The number of hydrogen-bond donors (Lipinski definition) is 2. The summed E-state index contributed by atoms with van der Waals surface area (Å²) < 4.78 is 0. The van der Waals surface area contributed by atoms with Gasteiger partial charge in [0.1, 0.15) is 10.7 Å². The van der Waals surface area contributed by atoms with E-state index in [9.17, 15) is 9.90 Å². The molecular weight excluding hydrogens is 324 g/mol. The highest BCUT2D eigenvalue weighted by Gasteiger charge is 2.16. The average Bonchev–Trinajstić information content (AvgIpc) is 3.18. The number of H-pyrrole nitrogens is 1. The summed E-state index contributed by atoms with van der Waals surface area (Å²) in [5.74, 6) is -0.322. The minimum Gasteiger partial charge on any atom is -0.477 e. The molecule has 0 spiro atoms. The Balaban J connectivity index is 1.83. The highest BCUT2D eigenvalue weighted by Crippen LogP contribution is 2.29. The Morgan fingerprint density at radius 3 is 2.67 bits per heavy atom. The van der Waals surface area contributed by atoms with Gasteiger partial charge >= 0.3 is 5.97 Å². The van der Waals surface area contributed by atoms with Crippen LogP contribution in [0.1, 0.15) is 29.8 Å². The summed E-state index contributed by atoms with van der Waals surface area (Å²) in [6, 6.07) is 6.07. The van der Waals surface area contributed by atoms with Crippen molar-refractivity contribution >= 4 is 29.5 Å². The first-order valence-electron chi connectivity index (χ1n) is 7.90. The standard InChI is InChI=1S/C17H20N4O2S/c1-11-9-13(5-6-14(11)21-7-3-4-8-21)10-15(16(22)23)24-17-18-12(2)19-20-17/h5-6,9-10H,3-4,7-8H2,1-2H3,(H,22,23)(H,18,19,20)/b15-10+. The number of carboxylic acid groups (broad SMARTS) is 1. The third-order valence-electron chi connectivity index (χ3n) is 3.95. The first-order valence-corrected chi connectivity index (χ1v) is 8.72. The van der Waals surface area contributed by atoms with E-state index in [2.05, 4.69) is 33.1 Å². The number of aromatic nitrogens is 3. The van der Waals surface area contributed by atoms with Crippen molar-refractivity contribution in [2.75, 3.05) is 18.0 Å². The lowest BCUT2D eigenvalue weighted by Crippen LogP contribution is -2.18. The number of aliphatic carboxylic acids is 1. The van der Waals surface area contributed by atoms with Crippen LogP contribution in [-0.4, -0.2) is 39.3 Å². The second kappa shape index (κ2) is 7.09. The maximum absolute atomic E-state index is 11.5. The van der Waals surface area contributed by atoms with Gasteiger partial charge in [-0.3, -0.25) is 5.10 Å². The van der Waals surface area contributed by atoms with Crippen LogP contribution < -0.4 is 4.90 Å². The zero-order chi connectivity index (χ0) is 17.1. The molecule has 2 aromatic rings. The number of benzene rings is 1. The van der Waals surface area contributed by atoms with Crippen LogP contribution in [0.3, 0.4) is 0 Å². The predicted molar refractivity (Wildman–Crippen MR) is 95.2 cm³/mol. The minimum absolute atomic E-state index is 0.197. The summed E-state index contributed by atoms with van der Waals surface area (Å²) in [5, 5.41) is 16.5. The molecule has 2 N–H and O–H groups in total. The number of nitrogens with one attached hydrogen (secondary N) is 1. The van der Waals surface area contributed by atoms with E-state index in [1.165, 1.54) is 18.5 Å². The molecule has 0 amide bonds. The van der Waals surface area contributed by atoms with Gasteiger partial charge in [0.05, 0.1) is 0 Å². The Bertz CT molecular complexity index is 779. The van der Waals surface area contributed by atoms with Crippen LogP contribution in [-0.2, 0) is 4.79 Å². The van der Waals surface area contributed by atoms with Crippen LogP contribution in [0, 0.1) is 13.8 Å². The maximum atomic E-state index is 11.5. The second-order valence-electron chi connectivity index (χ2n) is 5.86. The molecule has 0 saturated carbocycles. The van der Waals surface area contributed by atoms with E-state index in [4.69, 9.17) is 0 Å². The SMILES string of the molecule is Cc1nc(S/C(=C/c2ccc(N3CCCC3)c(C)c2)C(=O)O)n[nH]1. The van der Waals surface area contributed by atoms with Gasteiger partial charge in [0.15, 0.2) is 0 Å². The highest BCUT2D eigenvalue weighted by molar-refractivity contribution is 8.04. The lowest BCUT2D eigenvalue weighted by molar-refractivity contribution is -0.131. The van der Waals surface area contributed by atoms with Gasteiger partial charge < -0.3 is 10.0 Å². The number of carboxylic acids is 1. The number of aryl methyl sites for hydroxylation is 2. The maximum Gasteiger partial charge on any atom is 0.342 e. The molecule has 24 heavy (non-hydrogen) atoms. The summed E-state index contributed by atoms with van der Waals surface area (Å²) in [6.45, 7) is 6.03. The predicted octanol–water partition coefficient (Wildman–Crippen LogP) is 3.24. The van der Waals surface area contributed by atoms with Gasteiger partial charge in [0, 0.05) is 18.8 Å². The van der Waals surface area contributed by atoms with Crippen LogP contribution in [0.15, 0.2) is 28.3 Å². The van der Waals surface area contributed by atoms with Crippen LogP contribution >= 0.6 is 11.8 Å². The van der Waals surface area contributed by atoms with Gasteiger partial charge in [0.2, 0.25) is 5.16 Å². The van der Waals surface area contributed by atoms with E-state index in [1.54, 1.807) is 13.0 Å². The van der Waals surface area contributed by atoms with Gasteiger partial charge in [-0.15, -0.1) is 5.10 Å². The van der Waals surface area contributed by atoms with Crippen molar-refractivity contribution in [2.45, 2.75) is 31.8 Å². The summed E-state index contributed by atoms with van der Waals surface area (Å²) in [4.78, 5) is 18.2. The van der Waals surface area contributed by atoms with E-state index in [-0.39, 0.29) is 4.91 Å². The molecule has 126 valence electrons. The highest BCUT2D eigenvalue weighted by atomic mass is 32.2. The van der Waals surface area contributed by atoms with E-state index in [1.807, 2.05) is 12.1 Å². The smallest absolute Gasteiger partial charge is 0.342 e. The first kappa shape index (κ1) is 16.6. The van der Waals surface area contributed by atoms with Crippen LogP contribution in [0.5, 0.6) is 0 Å². The zero-order valence-electron chi connectivity index (χ0n) is 13.7. The Morgan fingerprint density at radius 2 is 2.08 bits per heavy atom. The lowest BCUT2D eigenvalue weighted by atomic mass is 10.1. The molecule has 1 aromatic carbocycles. The monoisotopic (exact) mass is 344 g/mol. The van der Waals surface area contributed by atoms with Gasteiger partial charge in [-0.2, -0.15) is 0 Å². The van der Waals surface area contributed by atoms with E-state index < -0.39 is 5.97 Å². The van der Waals surface area contributed by atoms with Crippen molar-refractivity contribution in [1.82, 2.24) is 15.2 Å². The second-order valence-corrected chi connectivity index (χ2v) is 6.87. The molecule has 1 aliphatic rings. The van der Waals surface area contributed by atoms with E-state index in [0.29, 0.717) is 11.0 Å². The zero-order valence-corrected chi connectivity index (χ0v) is 14.6. The number of carbonyl (C=O) groups is 1. The van der Waals surface area contributed by atoms with Gasteiger partial charge in [-0.1, -0.05) is 6.07 Å². The fraction of sp³-hybridized carbons (Fsp3) is 0.353. The van der Waals surface area contributed by atoms with Crippen LogP contribution in [0.4, 0.5) is 5.69 Å². The lowest BCUT2D eigenvalue weighted by Gasteiger charge is -2.20. The Hall–Kier alpha value is -2.28. The molecule has 0 unspecified atom stereocenters. The number of hydrogen-bond acceptors (Lipinski definition) is 5.